The van der Waals surface area contributed by atoms with Crippen LogP contribution in [0.25, 0.3) is 0 Å². The van der Waals surface area contributed by atoms with Crippen LogP contribution in [0.5, 0.6) is 5.75 Å². The number of ether oxygens (including phenoxy) is 1. The predicted octanol–water partition coefficient (Wildman–Crippen LogP) is 5.22. The molecule has 0 aliphatic carbocycles. The summed E-state index contributed by atoms with van der Waals surface area (Å²) in [5.74, 6) is 1.09. The Bertz CT molecular complexity index is 733. The number of thioether (sulfide) groups is 1. The molecule has 2 aromatic carbocycles. The van der Waals surface area contributed by atoms with Crippen molar-refractivity contribution in [3.63, 3.8) is 0 Å². The van der Waals surface area contributed by atoms with Gasteiger partial charge in [0.2, 0.25) is 5.91 Å². The SMILES string of the molecule is COc1ccc(F)cc1CSC(C)C(=O)Nc1ccccc1C(C)C. The highest BCUT2D eigenvalue weighted by molar-refractivity contribution is 7.99. The Hall–Kier alpha value is -2.01. The van der Waals surface area contributed by atoms with Gasteiger partial charge < -0.3 is 10.1 Å². The van der Waals surface area contributed by atoms with Crippen LogP contribution >= 0.6 is 11.8 Å². The first-order valence-electron chi connectivity index (χ1n) is 8.26. The topological polar surface area (TPSA) is 38.3 Å². The van der Waals surface area contributed by atoms with Crippen LogP contribution in [-0.2, 0) is 10.5 Å². The summed E-state index contributed by atoms with van der Waals surface area (Å²) in [6.45, 7) is 6.04. The Kier molecular flexibility index (Phi) is 6.88. The molecule has 0 bridgehead atoms. The van der Waals surface area contributed by atoms with E-state index in [1.165, 1.54) is 23.9 Å². The van der Waals surface area contributed by atoms with Crippen LogP contribution in [0.15, 0.2) is 42.5 Å². The maximum Gasteiger partial charge on any atom is 0.237 e. The zero-order valence-corrected chi connectivity index (χ0v) is 15.8. The second kappa shape index (κ2) is 8.90. The maximum absolute atomic E-state index is 13.4. The molecule has 5 heteroatoms. The van der Waals surface area contributed by atoms with Gasteiger partial charge in [-0.15, -0.1) is 11.8 Å². The highest BCUT2D eigenvalue weighted by Crippen LogP contribution is 2.28. The molecule has 1 atom stereocenters. The molecule has 0 fully saturated rings. The van der Waals surface area contributed by atoms with Crippen molar-refractivity contribution in [3.8, 4) is 5.75 Å². The van der Waals surface area contributed by atoms with Gasteiger partial charge in [-0.2, -0.15) is 0 Å². The molecule has 0 aromatic heterocycles. The minimum atomic E-state index is -0.306. The summed E-state index contributed by atoms with van der Waals surface area (Å²) < 4.78 is 18.7. The summed E-state index contributed by atoms with van der Waals surface area (Å²) in [6.07, 6.45) is 0. The summed E-state index contributed by atoms with van der Waals surface area (Å²) in [7, 11) is 1.56. The first kappa shape index (κ1) is 19.3. The second-order valence-electron chi connectivity index (χ2n) is 6.14. The summed E-state index contributed by atoms with van der Waals surface area (Å²) >= 11 is 1.45. The van der Waals surface area contributed by atoms with Crippen molar-refractivity contribution in [1.29, 1.82) is 0 Å². The lowest BCUT2D eigenvalue weighted by Crippen LogP contribution is -2.23. The van der Waals surface area contributed by atoms with Crippen molar-refractivity contribution in [2.45, 2.75) is 37.7 Å². The molecule has 2 aromatic rings. The molecule has 3 nitrogen and oxygen atoms in total. The maximum atomic E-state index is 13.4. The van der Waals surface area contributed by atoms with Crippen molar-refractivity contribution in [2.75, 3.05) is 12.4 Å². The average Bonchev–Trinajstić information content (AvgIpc) is 2.60. The van der Waals surface area contributed by atoms with E-state index in [-0.39, 0.29) is 17.0 Å². The number of para-hydroxylation sites is 1. The van der Waals surface area contributed by atoms with Gasteiger partial charge in [0.25, 0.3) is 0 Å². The monoisotopic (exact) mass is 361 g/mol. The predicted molar refractivity (Wildman–Crippen MR) is 103 cm³/mol. The molecule has 0 aliphatic heterocycles. The lowest BCUT2D eigenvalue weighted by Gasteiger charge is -2.17. The quantitative estimate of drug-likeness (QED) is 0.735. The van der Waals surface area contributed by atoms with Gasteiger partial charge in [0.15, 0.2) is 0 Å². The van der Waals surface area contributed by atoms with E-state index in [0.29, 0.717) is 17.4 Å². The zero-order chi connectivity index (χ0) is 18.4. The fourth-order valence-electron chi connectivity index (χ4n) is 2.50. The van der Waals surface area contributed by atoms with E-state index in [1.54, 1.807) is 13.2 Å². The number of halogens is 1. The number of benzene rings is 2. The van der Waals surface area contributed by atoms with Gasteiger partial charge in [-0.05, 0) is 42.7 Å². The Morgan fingerprint density at radius 1 is 1.20 bits per heavy atom. The van der Waals surface area contributed by atoms with Crippen LogP contribution < -0.4 is 10.1 Å². The summed E-state index contributed by atoms with van der Waals surface area (Å²) in [4.78, 5) is 12.5. The highest BCUT2D eigenvalue weighted by atomic mass is 32.2. The molecule has 0 radical (unpaired) electrons. The fourth-order valence-corrected chi connectivity index (χ4v) is 3.36. The van der Waals surface area contributed by atoms with E-state index >= 15 is 0 Å². The number of amides is 1. The molecule has 25 heavy (non-hydrogen) atoms. The van der Waals surface area contributed by atoms with Gasteiger partial charge in [-0.1, -0.05) is 32.0 Å². The van der Waals surface area contributed by atoms with E-state index in [4.69, 9.17) is 4.74 Å². The highest BCUT2D eigenvalue weighted by Gasteiger charge is 2.17. The van der Waals surface area contributed by atoms with Gasteiger partial charge in [0.05, 0.1) is 12.4 Å². The molecule has 1 amide bonds. The minimum Gasteiger partial charge on any atom is -0.496 e. The van der Waals surface area contributed by atoms with Crippen molar-refractivity contribution >= 4 is 23.4 Å². The normalized spacial score (nSPS) is 12.1. The Morgan fingerprint density at radius 3 is 2.60 bits per heavy atom. The molecule has 1 N–H and O–H groups in total. The van der Waals surface area contributed by atoms with Crippen LogP contribution in [0.2, 0.25) is 0 Å². The first-order chi connectivity index (χ1) is 11.9. The molecular formula is C20H24FNO2S. The van der Waals surface area contributed by atoms with E-state index in [0.717, 1.165) is 16.8 Å². The van der Waals surface area contributed by atoms with Gasteiger partial charge in [-0.3, -0.25) is 4.79 Å². The Morgan fingerprint density at radius 2 is 1.92 bits per heavy atom. The summed E-state index contributed by atoms with van der Waals surface area (Å²) in [5, 5.41) is 2.73. The standard InChI is InChI=1S/C20H24FNO2S/c1-13(2)17-7-5-6-8-18(17)22-20(23)14(3)25-12-15-11-16(21)9-10-19(15)24-4/h5-11,13-14H,12H2,1-4H3,(H,22,23). The lowest BCUT2D eigenvalue weighted by atomic mass is 10.0. The van der Waals surface area contributed by atoms with E-state index < -0.39 is 0 Å². The van der Waals surface area contributed by atoms with Crippen LogP contribution in [0.3, 0.4) is 0 Å². The molecule has 134 valence electrons. The van der Waals surface area contributed by atoms with Gasteiger partial charge in [-0.25, -0.2) is 4.39 Å². The van der Waals surface area contributed by atoms with Crippen molar-refractivity contribution in [3.05, 3.63) is 59.4 Å². The lowest BCUT2D eigenvalue weighted by molar-refractivity contribution is -0.115. The summed E-state index contributed by atoms with van der Waals surface area (Å²) in [5.41, 5.74) is 2.70. The number of methoxy groups -OCH3 is 1. The number of anilines is 1. The molecule has 0 saturated carbocycles. The third kappa shape index (κ3) is 5.23. The first-order valence-corrected chi connectivity index (χ1v) is 9.31. The van der Waals surface area contributed by atoms with Crippen molar-refractivity contribution in [2.24, 2.45) is 0 Å². The Balaban J connectivity index is 2.01. The molecule has 1 unspecified atom stereocenters. The average molecular weight is 361 g/mol. The summed E-state index contributed by atoms with van der Waals surface area (Å²) in [6, 6.07) is 12.2. The third-order valence-electron chi connectivity index (χ3n) is 3.94. The second-order valence-corrected chi connectivity index (χ2v) is 7.47. The fraction of sp³-hybridized carbons (Fsp3) is 0.350. The number of hydrogen-bond acceptors (Lipinski definition) is 3. The van der Waals surface area contributed by atoms with Crippen LogP contribution in [0, 0.1) is 5.82 Å². The van der Waals surface area contributed by atoms with Crippen molar-refractivity contribution in [1.82, 2.24) is 0 Å². The van der Waals surface area contributed by atoms with E-state index in [9.17, 15) is 9.18 Å². The van der Waals surface area contributed by atoms with Crippen molar-refractivity contribution < 1.29 is 13.9 Å². The number of rotatable bonds is 7. The molecule has 0 aliphatic rings. The van der Waals surface area contributed by atoms with Crippen LogP contribution in [0.4, 0.5) is 10.1 Å². The minimum absolute atomic E-state index is 0.0616. The zero-order valence-electron chi connectivity index (χ0n) is 15.0. The number of hydrogen-bond donors (Lipinski definition) is 1. The largest absolute Gasteiger partial charge is 0.496 e. The van der Waals surface area contributed by atoms with E-state index in [2.05, 4.69) is 19.2 Å². The number of nitrogens with one attached hydrogen (secondary N) is 1. The number of carbonyl (C=O) groups is 1. The Labute approximate surface area is 153 Å². The molecule has 0 spiro atoms. The van der Waals surface area contributed by atoms with Gasteiger partial charge in [0.1, 0.15) is 11.6 Å². The molecule has 0 heterocycles. The van der Waals surface area contributed by atoms with Crippen LogP contribution in [0.1, 0.15) is 37.8 Å². The number of carbonyl (C=O) groups excluding carboxylic acids is 1. The van der Waals surface area contributed by atoms with Gasteiger partial charge in [0, 0.05) is 17.0 Å². The molecular weight excluding hydrogens is 337 g/mol. The van der Waals surface area contributed by atoms with Crippen LogP contribution in [-0.4, -0.2) is 18.3 Å². The van der Waals surface area contributed by atoms with Gasteiger partial charge >= 0.3 is 0 Å². The molecule has 2 rings (SSSR count). The smallest absolute Gasteiger partial charge is 0.237 e. The van der Waals surface area contributed by atoms with E-state index in [1.807, 2.05) is 31.2 Å². The third-order valence-corrected chi connectivity index (χ3v) is 5.13. The molecule has 0 saturated heterocycles.